The Kier molecular flexibility index (Phi) is 3.83. The van der Waals surface area contributed by atoms with Gasteiger partial charge in [0, 0.05) is 31.4 Å². The number of likely N-dealkylation sites (tertiary alicyclic amines) is 1. The SMILES string of the molecule is CC1(F)CCN(CCc2nc3c4ccc5c(c4nc(N)n3n2)OC(F)(F)O5)CC1. The summed E-state index contributed by atoms with van der Waals surface area (Å²) in [7, 11) is 0. The van der Waals surface area contributed by atoms with Crippen LogP contribution in [0.15, 0.2) is 12.1 Å². The van der Waals surface area contributed by atoms with Crippen LogP contribution in [0.2, 0.25) is 0 Å². The molecule has 4 heterocycles. The van der Waals surface area contributed by atoms with Crippen LogP contribution in [0.1, 0.15) is 25.6 Å². The molecule has 154 valence electrons. The molecule has 0 bridgehead atoms. The molecular weight excluding hydrogens is 389 g/mol. The molecule has 0 unspecified atom stereocenters. The number of hydrogen-bond donors (Lipinski definition) is 1. The molecule has 3 aromatic rings. The molecule has 0 amide bonds. The Balaban J connectivity index is 1.45. The van der Waals surface area contributed by atoms with Crippen molar-refractivity contribution in [1.82, 2.24) is 24.5 Å². The Hall–Kier alpha value is -2.82. The van der Waals surface area contributed by atoms with Crippen LogP contribution in [0.3, 0.4) is 0 Å². The average Bonchev–Trinajstić information content (AvgIpc) is 3.21. The highest BCUT2D eigenvalue weighted by Crippen LogP contribution is 2.45. The molecular formula is C18H19F3N6O2. The Morgan fingerprint density at radius 1 is 1.14 bits per heavy atom. The zero-order valence-electron chi connectivity index (χ0n) is 15.7. The van der Waals surface area contributed by atoms with Crippen LogP contribution in [0.5, 0.6) is 11.5 Å². The van der Waals surface area contributed by atoms with Gasteiger partial charge in [-0.15, -0.1) is 13.9 Å². The first-order chi connectivity index (χ1) is 13.7. The van der Waals surface area contributed by atoms with E-state index in [1.807, 2.05) is 0 Å². The zero-order valence-corrected chi connectivity index (χ0v) is 15.7. The number of fused-ring (bicyclic) bond motifs is 5. The van der Waals surface area contributed by atoms with Gasteiger partial charge in [0.25, 0.3) is 0 Å². The molecule has 1 aromatic carbocycles. The predicted molar refractivity (Wildman–Crippen MR) is 97.8 cm³/mol. The van der Waals surface area contributed by atoms with Gasteiger partial charge < -0.3 is 20.1 Å². The highest BCUT2D eigenvalue weighted by Gasteiger charge is 2.45. The van der Waals surface area contributed by atoms with Crippen molar-refractivity contribution in [2.45, 2.75) is 38.1 Å². The van der Waals surface area contributed by atoms with Crippen molar-refractivity contribution in [2.24, 2.45) is 0 Å². The van der Waals surface area contributed by atoms with E-state index in [0.717, 1.165) is 0 Å². The molecule has 1 saturated heterocycles. The molecule has 2 aromatic heterocycles. The second-order valence-corrected chi connectivity index (χ2v) is 7.69. The second kappa shape index (κ2) is 6.09. The number of ether oxygens (including phenoxy) is 2. The zero-order chi connectivity index (χ0) is 20.4. The largest absolute Gasteiger partial charge is 0.586 e. The summed E-state index contributed by atoms with van der Waals surface area (Å²) in [5.74, 6) is 0.268. The van der Waals surface area contributed by atoms with Gasteiger partial charge in [-0.2, -0.15) is 4.52 Å². The van der Waals surface area contributed by atoms with Crippen LogP contribution >= 0.6 is 0 Å². The summed E-state index contributed by atoms with van der Waals surface area (Å²) in [6.45, 7) is 3.70. The van der Waals surface area contributed by atoms with Crippen LogP contribution in [-0.2, 0) is 6.42 Å². The molecule has 2 aliphatic rings. The van der Waals surface area contributed by atoms with Crippen LogP contribution in [-0.4, -0.2) is 56.1 Å². The first kappa shape index (κ1) is 18.2. The van der Waals surface area contributed by atoms with E-state index in [1.54, 1.807) is 13.0 Å². The minimum atomic E-state index is -3.75. The Morgan fingerprint density at radius 3 is 2.66 bits per heavy atom. The molecule has 2 N–H and O–H groups in total. The van der Waals surface area contributed by atoms with Gasteiger partial charge in [0.05, 0.1) is 0 Å². The number of alkyl halides is 3. The van der Waals surface area contributed by atoms with E-state index < -0.39 is 12.0 Å². The fourth-order valence-electron chi connectivity index (χ4n) is 3.75. The fraction of sp³-hybridized carbons (Fsp3) is 0.500. The van der Waals surface area contributed by atoms with Gasteiger partial charge in [0.1, 0.15) is 11.2 Å². The molecule has 11 heteroatoms. The van der Waals surface area contributed by atoms with Crippen molar-refractivity contribution in [3.05, 3.63) is 18.0 Å². The number of benzene rings is 1. The summed E-state index contributed by atoms with van der Waals surface area (Å²) < 4.78 is 51.3. The van der Waals surface area contributed by atoms with Crippen LogP contribution in [0, 0.1) is 0 Å². The van der Waals surface area contributed by atoms with Gasteiger partial charge in [-0.1, -0.05) is 0 Å². The quantitative estimate of drug-likeness (QED) is 0.712. The summed E-state index contributed by atoms with van der Waals surface area (Å²) in [5.41, 5.74) is 5.42. The number of piperidine rings is 1. The maximum atomic E-state index is 13.9. The van der Waals surface area contributed by atoms with Crippen LogP contribution < -0.4 is 15.2 Å². The van der Waals surface area contributed by atoms with Gasteiger partial charge in [-0.05, 0) is 31.9 Å². The molecule has 0 atom stereocenters. The number of halogens is 3. The second-order valence-electron chi connectivity index (χ2n) is 7.69. The van der Waals surface area contributed by atoms with E-state index in [0.29, 0.717) is 55.8 Å². The van der Waals surface area contributed by atoms with E-state index in [1.165, 1.54) is 10.6 Å². The molecule has 2 aliphatic heterocycles. The van der Waals surface area contributed by atoms with Crippen LogP contribution in [0.4, 0.5) is 19.1 Å². The molecule has 5 rings (SSSR count). The first-order valence-corrected chi connectivity index (χ1v) is 9.36. The number of anilines is 1. The van der Waals surface area contributed by atoms with E-state index in [-0.39, 0.29) is 23.0 Å². The maximum absolute atomic E-state index is 13.9. The number of nitrogens with two attached hydrogens (primary N) is 1. The third kappa shape index (κ3) is 3.18. The standard InChI is InChI=1S/C18H19F3N6O2/c1-17(19)5-8-26(9-6-17)7-4-12-23-15-10-2-3-11-14(29-18(20,21)28-11)13(10)24-16(22)27(15)25-12/h2-3H,4-9H2,1H3,(H2,22,24). The fourth-order valence-corrected chi connectivity index (χ4v) is 3.75. The molecule has 1 fully saturated rings. The number of nitrogens with zero attached hydrogens (tertiary/aromatic N) is 5. The third-order valence-corrected chi connectivity index (χ3v) is 5.43. The van der Waals surface area contributed by atoms with E-state index in [9.17, 15) is 13.2 Å². The van der Waals surface area contributed by atoms with Gasteiger partial charge in [0.15, 0.2) is 23.0 Å². The topological polar surface area (TPSA) is 90.8 Å². The normalized spacial score (nSPS) is 20.6. The molecule has 0 spiro atoms. The van der Waals surface area contributed by atoms with Gasteiger partial charge in [0.2, 0.25) is 5.95 Å². The van der Waals surface area contributed by atoms with Crippen molar-refractivity contribution >= 4 is 22.5 Å². The van der Waals surface area contributed by atoms with E-state index in [2.05, 4.69) is 29.4 Å². The van der Waals surface area contributed by atoms with Crippen molar-refractivity contribution in [1.29, 1.82) is 0 Å². The van der Waals surface area contributed by atoms with Crippen molar-refractivity contribution in [2.75, 3.05) is 25.4 Å². The first-order valence-electron chi connectivity index (χ1n) is 9.36. The Bertz CT molecular complexity index is 1110. The maximum Gasteiger partial charge on any atom is 0.586 e. The lowest BCUT2D eigenvalue weighted by Crippen LogP contribution is -2.40. The minimum absolute atomic E-state index is 0.00429. The number of aromatic nitrogens is 4. The van der Waals surface area contributed by atoms with Gasteiger partial charge >= 0.3 is 6.29 Å². The predicted octanol–water partition coefficient (Wildman–Crippen LogP) is 2.55. The van der Waals surface area contributed by atoms with Crippen molar-refractivity contribution < 1.29 is 22.6 Å². The molecule has 0 radical (unpaired) electrons. The summed E-state index contributed by atoms with van der Waals surface area (Å²) in [4.78, 5) is 10.9. The summed E-state index contributed by atoms with van der Waals surface area (Å²) in [6, 6.07) is 2.96. The minimum Gasteiger partial charge on any atom is -0.395 e. The highest BCUT2D eigenvalue weighted by atomic mass is 19.3. The van der Waals surface area contributed by atoms with Gasteiger partial charge in [-0.25, -0.2) is 14.4 Å². The number of hydrogen-bond acceptors (Lipinski definition) is 7. The lowest BCUT2D eigenvalue weighted by atomic mass is 9.96. The molecule has 0 aliphatic carbocycles. The third-order valence-electron chi connectivity index (χ3n) is 5.43. The Labute approximate surface area is 163 Å². The summed E-state index contributed by atoms with van der Waals surface area (Å²) >= 11 is 0. The van der Waals surface area contributed by atoms with Crippen LogP contribution in [0.25, 0.3) is 16.6 Å². The van der Waals surface area contributed by atoms with Gasteiger partial charge in [-0.3, -0.25) is 0 Å². The van der Waals surface area contributed by atoms with E-state index in [4.69, 9.17) is 5.73 Å². The number of nitrogen functional groups attached to an aromatic ring is 1. The monoisotopic (exact) mass is 408 g/mol. The van der Waals surface area contributed by atoms with Crippen molar-refractivity contribution in [3.8, 4) is 11.5 Å². The molecule has 0 saturated carbocycles. The summed E-state index contributed by atoms with van der Waals surface area (Å²) in [5, 5.41) is 4.87. The lowest BCUT2D eigenvalue weighted by molar-refractivity contribution is -0.286. The average molecular weight is 408 g/mol. The lowest BCUT2D eigenvalue weighted by Gasteiger charge is -2.33. The molecule has 8 nitrogen and oxygen atoms in total. The smallest absolute Gasteiger partial charge is 0.395 e. The number of rotatable bonds is 3. The summed E-state index contributed by atoms with van der Waals surface area (Å²) in [6.07, 6.45) is -2.19. The Morgan fingerprint density at radius 2 is 1.90 bits per heavy atom. The van der Waals surface area contributed by atoms with Crippen molar-refractivity contribution in [3.63, 3.8) is 0 Å². The highest BCUT2D eigenvalue weighted by molar-refractivity contribution is 5.97. The molecule has 29 heavy (non-hydrogen) atoms. The van der Waals surface area contributed by atoms with E-state index >= 15 is 0 Å².